The van der Waals surface area contributed by atoms with Gasteiger partial charge in [-0.2, -0.15) is 0 Å². The molecule has 0 bridgehead atoms. The fourth-order valence-corrected chi connectivity index (χ4v) is 0.302. The summed E-state index contributed by atoms with van der Waals surface area (Å²) < 4.78 is 9.74. The van der Waals surface area contributed by atoms with E-state index in [0.717, 1.165) is 0 Å². The highest BCUT2D eigenvalue weighted by molar-refractivity contribution is 6.66. The minimum absolute atomic E-state index is 0.319. The van der Waals surface area contributed by atoms with Crippen molar-refractivity contribution in [2.45, 2.75) is 6.92 Å². The van der Waals surface area contributed by atoms with Crippen LogP contribution in [0.25, 0.3) is 0 Å². The molecular formula is C4H6O2Si. The SMILES string of the molecule is C=C(C)C(=O)[SiH]=O. The van der Waals surface area contributed by atoms with Gasteiger partial charge in [0.1, 0.15) is 0 Å². The van der Waals surface area contributed by atoms with E-state index < -0.39 is 9.41 Å². The van der Waals surface area contributed by atoms with Gasteiger partial charge in [0.05, 0.1) is 0 Å². The lowest BCUT2D eigenvalue weighted by Crippen LogP contribution is -1.99. The molecule has 0 unspecified atom stereocenters. The Morgan fingerprint density at radius 1 is 1.71 bits per heavy atom. The van der Waals surface area contributed by atoms with Gasteiger partial charge in [-0.25, -0.2) is 0 Å². The van der Waals surface area contributed by atoms with Crippen LogP contribution in [0.1, 0.15) is 6.92 Å². The molecule has 0 saturated heterocycles. The highest BCUT2D eigenvalue weighted by atomic mass is 28.2. The van der Waals surface area contributed by atoms with Crippen molar-refractivity contribution in [2.75, 3.05) is 0 Å². The van der Waals surface area contributed by atoms with Gasteiger partial charge in [-0.1, -0.05) is 6.58 Å². The van der Waals surface area contributed by atoms with Crippen LogP contribution in [-0.4, -0.2) is 14.8 Å². The van der Waals surface area contributed by atoms with E-state index in [2.05, 4.69) is 6.58 Å². The molecule has 0 radical (unpaired) electrons. The van der Waals surface area contributed by atoms with Gasteiger partial charge in [0.15, 0.2) is 5.41 Å². The molecule has 0 rings (SSSR count). The van der Waals surface area contributed by atoms with Crippen LogP contribution in [0.15, 0.2) is 12.2 Å². The van der Waals surface area contributed by atoms with Crippen LogP contribution >= 0.6 is 0 Å². The Balaban J connectivity index is 3.81. The smallest absolute Gasteiger partial charge is 0.341 e. The molecule has 0 heterocycles. The van der Waals surface area contributed by atoms with Crippen LogP contribution in [0.2, 0.25) is 0 Å². The molecule has 0 amide bonds. The lowest BCUT2D eigenvalue weighted by Gasteiger charge is -1.79. The average molecular weight is 114 g/mol. The average Bonchev–Trinajstić information content (AvgIpc) is 1.65. The Morgan fingerprint density at radius 2 is 2.14 bits per heavy atom. The Bertz CT molecular complexity index is 117. The second-order valence-corrected chi connectivity index (χ2v) is 2.02. The summed E-state index contributed by atoms with van der Waals surface area (Å²) in [5, 5.41) is -0.319. The molecule has 0 aliphatic rings. The largest absolute Gasteiger partial charge is 0.382 e. The molecule has 0 saturated carbocycles. The summed E-state index contributed by atoms with van der Waals surface area (Å²) in [6.07, 6.45) is 0. The molecule has 0 aromatic heterocycles. The van der Waals surface area contributed by atoms with E-state index in [-0.39, 0.29) is 5.41 Å². The van der Waals surface area contributed by atoms with Crippen molar-refractivity contribution in [2.24, 2.45) is 0 Å². The van der Waals surface area contributed by atoms with Crippen LogP contribution in [0, 0.1) is 0 Å². The molecule has 0 atom stereocenters. The van der Waals surface area contributed by atoms with Crippen molar-refractivity contribution in [1.29, 1.82) is 0 Å². The Hall–Kier alpha value is -0.573. The summed E-state index contributed by atoms with van der Waals surface area (Å²) in [5.74, 6) is 0. The van der Waals surface area contributed by atoms with E-state index >= 15 is 0 Å². The van der Waals surface area contributed by atoms with E-state index in [1.807, 2.05) is 0 Å². The minimum Gasteiger partial charge on any atom is -0.382 e. The maximum Gasteiger partial charge on any atom is 0.341 e. The fourth-order valence-electron chi connectivity index (χ4n) is 0.101. The predicted octanol–water partition coefficient (Wildman–Crippen LogP) is -0.129. The highest BCUT2D eigenvalue weighted by Gasteiger charge is 1.96. The van der Waals surface area contributed by atoms with Crippen molar-refractivity contribution in [3.63, 3.8) is 0 Å². The maximum atomic E-state index is 10.1. The van der Waals surface area contributed by atoms with E-state index in [0.29, 0.717) is 5.57 Å². The third kappa shape index (κ3) is 2.16. The second kappa shape index (κ2) is 2.57. The molecule has 0 spiro atoms. The quantitative estimate of drug-likeness (QED) is 0.370. The third-order valence-electron chi connectivity index (χ3n) is 0.528. The lowest BCUT2D eigenvalue weighted by atomic mass is 10.4. The number of hydrogen-bond acceptors (Lipinski definition) is 2. The molecule has 0 aliphatic carbocycles. The zero-order valence-corrected chi connectivity index (χ0v) is 5.26. The van der Waals surface area contributed by atoms with Crippen molar-refractivity contribution >= 4 is 14.8 Å². The van der Waals surface area contributed by atoms with E-state index in [4.69, 9.17) is 0 Å². The van der Waals surface area contributed by atoms with Crippen LogP contribution in [-0.2, 0) is 9.26 Å². The number of allylic oxidation sites excluding steroid dienone is 1. The maximum absolute atomic E-state index is 10.1. The van der Waals surface area contributed by atoms with E-state index in [9.17, 15) is 9.26 Å². The van der Waals surface area contributed by atoms with Crippen molar-refractivity contribution in [1.82, 2.24) is 0 Å². The summed E-state index contributed by atoms with van der Waals surface area (Å²) in [6, 6.07) is 0. The molecule has 3 heteroatoms. The Labute approximate surface area is 44.1 Å². The van der Waals surface area contributed by atoms with Gasteiger partial charge < -0.3 is 4.46 Å². The number of carbonyl (C=O) groups is 1. The Morgan fingerprint density at radius 3 is 2.14 bits per heavy atom. The number of hydrogen-bond donors (Lipinski definition) is 0. The van der Waals surface area contributed by atoms with Gasteiger partial charge >= 0.3 is 9.41 Å². The minimum atomic E-state index is -1.29. The van der Waals surface area contributed by atoms with E-state index in [1.165, 1.54) is 0 Å². The normalized spacial score (nSPS) is 7.57. The van der Waals surface area contributed by atoms with Gasteiger partial charge in [0.2, 0.25) is 0 Å². The first-order valence-corrected chi connectivity index (χ1v) is 2.88. The summed E-state index contributed by atoms with van der Waals surface area (Å²) in [5.41, 5.74) is 0.380. The van der Waals surface area contributed by atoms with E-state index in [1.54, 1.807) is 6.92 Å². The molecule has 0 aromatic rings. The summed E-state index contributed by atoms with van der Waals surface area (Å²) in [4.78, 5) is 10.1. The summed E-state index contributed by atoms with van der Waals surface area (Å²) in [6.45, 7) is 4.85. The lowest BCUT2D eigenvalue weighted by molar-refractivity contribution is -0.109. The molecular weight excluding hydrogens is 108 g/mol. The molecule has 2 nitrogen and oxygen atoms in total. The molecule has 0 aliphatic heterocycles. The second-order valence-electron chi connectivity index (χ2n) is 1.26. The predicted molar refractivity (Wildman–Crippen MR) is 27.7 cm³/mol. The van der Waals surface area contributed by atoms with Crippen LogP contribution in [0.4, 0.5) is 0 Å². The molecule has 0 N–H and O–H groups in total. The third-order valence-corrected chi connectivity index (χ3v) is 1.23. The zero-order chi connectivity index (χ0) is 5.86. The molecule has 0 aromatic carbocycles. The van der Waals surface area contributed by atoms with Gasteiger partial charge in [-0.3, -0.25) is 4.79 Å². The van der Waals surface area contributed by atoms with Crippen LogP contribution in [0.3, 0.4) is 0 Å². The van der Waals surface area contributed by atoms with Crippen molar-refractivity contribution in [3.05, 3.63) is 12.2 Å². The first kappa shape index (κ1) is 6.43. The molecule has 0 fully saturated rings. The van der Waals surface area contributed by atoms with Crippen molar-refractivity contribution in [3.8, 4) is 0 Å². The Kier molecular flexibility index (Phi) is 2.36. The fraction of sp³-hybridized carbons (Fsp3) is 0.250. The van der Waals surface area contributed by atoms with Gasteiger partial charge in [-0.15, -0.1) is 0 Å². The first-order valence-electron chi connectivity index (χ1n) is 1.83. The standard InChI is InChI=1S/C4H6O2Si/c1-3(2)4(5)7-6/h7H,1H2,2H3. The van der Waals surface area contributed by atoms with Crippen LogP contribution in [0.5, 0.6) is 0 Å². The summed E-state index contributed by atoms with van der Waals surface area (Å²) >= 11 is 0. The van der Waals surface area contributed by atoms with Gasteiger partial charge in [0, 0.05) is 0 Å². The summed E-state index contributed by atoms with van der Waals surface area (Å²) in [7, 11) is -1.29. The first-order chi connectivity index (χ1) is 3.18. The molecule has 7 heavy (non-hydrogen) atoms. The number of rotatable bonds is 2. The van der Waals surface area contributed by atoms with Gasteiger partial charge in [-0.05, 0) is 12.5 Å². The van der Waals surface area contributed by atoms with Gasteiger partial charge in [0.25, 0.3) is 0 Å². The topological polar surface area (TPSA) is 34.1 Å². The number of carbonyl (C=O) groups excluding carboxylic acids is 1. The molecule has 38 valence electrons. The zero-order valence-electron chi connectivity index (χ0n) is 4.10. The highest BCUT2D eigenvalue weighted by Crippen LogP contribution is 1.82. The monoisotopic (exact) mass is 114 g/mol. The van der Waals surface area contributed by atoms with Crippen LogP contribution < -0.4 is 0 Å². The van der Waals surface area contributed by atoms with Crippen molar-refractivity contribution < 1.29 is 9.26 Å².